The van der Waals surface area contributed by atoms with E-state index in [1.54, 1.807) is 4.57 Å². The first kappa shape index (κ1) is 16.1. The number of nitrogens with zero attached hydrogens (tertiary/aromatic N) is 6. The second-order valence-electron chi connectivity index (χ2n) is 6.12. The van der Waals surface area contributed by atoms with Crippen molar-refractivity contribution in [2.75, 3.05) is 18.0 Å². The Morgan fingerprint density at radius 1 is 1.20 bits per heavy atom. The molecule has 1 aliphatic heterocycles. The van der Waals surface area contributed by atoms with Gasteiger partial charge >= 0.3 is 0 Å². The van der Waals surface area contributed by atoms with Crippen molar-refractivity contribution < 1.29 is 8.78 Å². The summed E-state index contributed by atoms with van der Waals surface area (Å²) in [5, 5.41) is 0.375. The number of anilines is 1. The SMILES string of the molecule is FCc1cnc(N2CC[C@H](Cn3cc(F)c4c(Cl)ncnc43)C2)nc1. The van der Waals surface area contributed by atoms with Gasteiger partial charge in [0.15, 0.2) is 5.82 Å². The lowest BCUT2D eigenvalue weighted by Gasteiger charge is -2.16. The van der Waals surface area contributed by atoms with Gasteiger partial charge in [0.05, 0.1) is 5.39 Å². The molecule has 0 amide bonds. The molecule has 3 aromatic rings. The summed E-state index contributed by atoms with van der Waals surface area (Å²) in [6.07, 6.45) is 6.68. The molecule has 4 heterocycles. The summed E-state index contributed by atoms with van der Waals surface area (Å²) in [5.41, 5.74) is 0.963. The topological polar surface area (TPSA) is 59.7 Å². The quantitative estimate of drug-likeness (QED) is 0.666. The summed E-state index contributed by atoms with van der Waals surface area (Å²) in [6.45, 7) is 1.60. The van der Waals surface area contributed by atoms with Crippen LogP contribution in [-0.2, 0) is 13.2 Å². The Hall–Kier alpha value is -2.35. The molecule has 0 aromatic carbocycles. The van der Waals surface area contributed by atoms with Gasteiger partial charge in [-0.15, -0.1) is 0 Å². The first-order valence-electron chi connectivity index (χ1n) is 7.92. The smallest absolute Gasteiger partial charge is 0.225 e. The molecule has 0 N–H and O–H groups in total. The molecule has 25 heavy (non-hydrogen) atoms. The fraction of sp³-hybridized carbons (Fsp3) is 0.375. The normalized spacial score (nSPS) is 17.6. The Balaban J connectivity index is 1.50. The molecular weight excluding hydrogens is 350 g/mol. The van der Waals surface area contributed by atoms with Crippen molar-refractivity contribution in [3.05, 3.63) is 41.5 Å². The van der Waals surface area contributed by atoms with Crippen LogP contribution in [-0.4, -0.2) is 37.6 Å². The average Bonchev–Trinajstić information content (AvgIpc) is 3.21. The minimum atomic E-state index is -0.570. The van der Waals surface area contributed by atoms with Crippen LogP contribution >= 0.6 is 11.6 Å². The Bertz CT molecular complexity index is 898. The van der Waals surface area contributed by atoms with Crippen molar-refractivity contribution in [3.8, 4) is 0 Å². The predicted octanol–water partition coefficient (Wildman–Crippen LogP) is 3.01. The van der Waals surface area contributed by atoms with Crippen LogP contribution in [0.3, 0.4) is 0 Å². The van der Waals surface area contributed by atoms with Gasteiger partial charge in [0.1, 0.15) is 23.8 Å². The van der Waals surface area contributed by atoms with Crippen molar-refractivity contribution in [3.63, 3.8) is 0 Å². The molecule has 130 valence electrons. The third kappa shape index (κ3) is 3.02. The number of fused-ring (bicyclic) bond motifs is 1. The van der Waals surface area contributed by atoms with E-state index in [-0.39, 0.29) is 10.5 Å². The maximum atomic E-state index is 14.1. The summed E-state index contributed by atoms with van der Waals surface area (Å²) >= 11 is 5.96. The Morgan fingerprint density at radius 3 is 2.76 bits per heavy atom. The van der Waals surface area contributed by atoms with Gasteiger partial charge in [-0.05, 0) is 12.3 Å². The maximum Gasteiger partial charge on any atom is 0.225 e. The summed E-state index contributed by atoms with van der Waals surface area (Å²) in [5.74, 6) is 0.474. The molecule has 9 heteroatoms. The second-order valence-corrected chi connectivity index (χ2v) is 6.48. The molecule has 0 saturated carbocycles. The molecule has 0 radical (unpaired) electrons. The standard InChI is InChI=1S/C16H15ClF2N6/c17-14-13-12(19)8-25(15(13)23-9-22-14)7-10-1-2-24(6-10)16-20-4-11(3-18)5-21-16/h4-5,8-10H,1-3,6-7H2/t10-/m0/s1. The fourth-order valence-corrected chi connectivity index (χ4v) is 3.42. The highest BCUT2D eigenvalue weighted by Crippen LogP contribution is 2.27. The molecule has 0 bridgehead atoms. The number of rotatable bonds is 4. The summed E-state index contributed by atoms with van der Waals surface area (Å²) in [4.78, 5) is 18.5. The van der Waals surface area contributed by atoms with E-state index in [0.29, 0.717) is 29.6 Å². The lowest BCUT2D eigenvalue weighted by atomic mass is 10.1. The summed E-state index contributed by atoms with van der Waals surface area (Å²) < 4.78 is 28.4. The van der Waals surface area contributed by atoms with Gasteiger partial charge in [-0.2, -0.15) is 0 Å². The molecule has 0 aliphatic carbocycles. The number of aromatic nitrogens is 5. The number of halogens is 3. The Morgan fingerprint density at radius 2 is 2.00 bits per heavy atom. The van der Waals surface area contributed by atoms with Crippen molar-refractivity contribution in [2.45, 2.75) is 19.6 Å². The minimum absolute atomic E-state index is 0.121. The van der Waals surface area contributed by atoms with E-state index in [2.05, 4.69) is 24.8 Å². The van der Waals surface area contributed by atoms with Crippen molar-refractivity contribution in [2.24, 2.45) is 5.92 Å². The van der Waals surface area contributed by atoms with Crippen LogP contribution in [0.15, 0.2) is 24.9 Å². The van der Waals surface area contributed by atoms with E-state index in [9.17, 15) is 8.78 Å². The molecular formula is C16H15ClF2N6. The number of hydrogen-bond acceptors (Lipinski definition) is 5. The predicted molar refractivity (Wildman–Crippen MR) is 89.7 cm³/mol. The van der Waals surface area contributed by atoms with Gasteiger partial charge in [-0.3, -0.25) is 0 Å². The van der Waals surface area contributed by atoms with Gasteiger partial charge in [0, 0.05) is 43.8 Å². The molecule has 0 unspecified atom stereocenters. The van der Waals surface area contributed by atoms with Crippen LogP contribution in [0.4, 0.5) is 14.7 Å². The lowest BCUT2D eigenvalue weighted by molar-refractivity contribution is 0.482. The Labute approximate surface area is 147 Å². The summed E-state index contributed by atoms with van der Waals surface area (Å²) in [6, 6.07) is 0. The van der Waals surface area contributed by atoms with Crippen molar-refractivity contribution >= 4 is 28.6 Å². The largest absolute Gasteiger partial charge is 0.340 e. The molecule has 1 aliphatic rings. The lowest BCUT2D eigenvalue weighted by Crippen LogP contribution is -2.23. The highest BCUT2D eigenvalue weighted by molar-refractivity contribution is 6.33. The van der Waals surface area contributed by atoms with Gasteiger partial charge in [-0.25, -0.2) is 28.7 Å². The maximum absolute atomic E-state index is 14.1. The van der Waals surface area contributed by atoms with E-state index < -0.39 is 12.5 Å². The van der Waals surface area contributed by atoms with E-state index in [0.717, 1.165) is 19.5 Å². The molecule has 3 aromatic heterocycles. The van der Waals surface area contributed by atoms with Crippen LogP contribution in [0.5, 0.6) is 0 Å². The zero-order valence-electron chi connectivity index (χ0n) is 13.2. The number of alkyl halides is 1. The summed E-state index contributed by atoms with van der Waals surface area (Å²) in [7, 11) is 0. The van der Waals surface area contributed by atoms with Gasteiger partial charge in [0.2, 0.25) is 5.95 Å². The van der Waals surface area contributed by atoms with Crippen LogP contribution in [0.25, 0.3) is 11.0 Å². The first-order chi connectivity index (χ1) is 12.2. The zero-order valence-corrected chi connectivity index (χ0v) is 14.0. The van der Waals surface area contributed by atoms with Crippen LogP contribution < -0.4 is 4.90 Å². The average molecular weight is 365 g/mol. The number of hydrogen-bond donors (Lipinski definition) is 0. The fourth-order valence-electron chi connectivity index (χ4n) is 3.20. The van der Waals surface area contributed by atoms with E-state index >= 15 is 0 Å². The van der Waals surface area contributed by atoms with Crippen LogP contribution in [0.2, 0.25) is 5.15 Å². The highest BCUT2D eigenvalue weighted by Gasteiger charge is 2.26. The molecule has 1 fully saturated rings. The van der Waals surface area contributed by atoms with Crippen LogP contribution in [0, 0.1) is 11.7 Å². The molecule has 0 spiro atoms. The minimum Gasteiger partial charge on any atom is -0.340 e. The molecule has 1 atom stereocenters. The Kier molecular flexibility index (Phi) is 4.20. The third-order valence-corrected chi connectivity index (χ3v) is 4.72. The van der Waals surface area contributed by atoms with E-state index in [1.807, 2.05) is 0 Å². The van der Waals surface area contributed by atoms with Crippen molar-refractivity contribution in [1.82, 2.24) is 24.5 Å². The van der Waals surface area contributed by atoms with Gasteiger partial charge in [-0.1, -0.05) is 11.6 Å². The van der Waals surface area contributed by atoms with Gasteiger partial charge < -0.3 is 9.47 Å². The first-order valence-corrected chi connectivity index (χ1v) is 8.30. The molecule has 6 nitrogen and oxygen atoms in total. The highest BCUT2D eigenvalue weighted by atomic mass is 35.5. The van der Waals surface area contributed by atoms with Crippen molar-refractivity contribution in [1.29, 1.82) is 0 Å². The zero-order chi connectivity index (χ0) is 17.4. The third-order valence-electron chi connectivity index (χ3n) is 4.43. The van der Waals surface area contributed by atoms with Gasteiger partial charge in [0.25, 0.3) is 0 Å². The van der Waals surface area contributed by atoms with E-state index in [4.69, 9.17) is 11.6 Å². The second kappa shape index (κ2) is 6.51. The van der Waals surface area contributed by atoms with Crippen LogP contribution in [0.1, 0.15) is 12.0 Å². The molecule has 4 rings (SSSR count). The molecule has 1 saturated heterocycles. The monoisotopic (exact) mass is 364 g/mol. The van der Waals surface area contributed by atoms with E-state index in [1.165, 1.54) is 24.9 Å².